The predicted octanol–water partition coefficient (Wildman–Crippen LogP) is 6.45. The van der Waals surface area contributed by atoms with Crippen LogP contribution in [0.1, 0.15) is 89.5 Å². The molecule has 3 heteroatoms. The second-order valence-corrected chi connectivity index (χ2v) is 7.90. The average Bonchev–Trinajstić information content (AvgIpc) is 3.25. The van der Waals surface area contributed by atoms with Gasteiger partial charge in [0.05, 0.1) is 6.10 Å². The van der Waals surface area contributed by atoms with Gasteiger partial charge in [-0.15, -0.1) is 0 Å². The minimum atomic E-state index is -0.344. The monoisotopic (exact) mass is 387 g/mol. The highest BCUT2D eigenvalue weighted by atomic mass is 16.5. The van der Waals surface area contributed by atoms with Gasteiger partial charge in [-0.05, 0) is 25.0 Å². The summed E-state index contributed by atoms with van der Waals surface area (Å²) in [6, 6.07) is 9.75. The van der Waals surface area contributed by atoms with E-state index in [0.29, 0.717) is 12.5 Å². The molecule has 0 saturated carbocycles. The second-order valence-electron chi connectivity index (χ2n) is 7.90. The summed E-state index contributed by atoms with van der Waals surface area (Å²) in [5, 5.41) is 4.90. The van der Waals surface area contributed by atoms with E-state index < -0.39 is 0 Å². The summed E-state index contributed by atoms with van der Waals surface area (Å²) in [5.74, 6) is 0.649. The number of nitrogens with zero attached hydrogens (tertiary/aromatic N) is 1. The Bertz CT molecular complexity index is 588. The Balaban J connectivity index is 1.54. The molecular formula is C25H39NO2. The lowest BCUT2D eigenvalue weighted by atomic mass is 10.0. The van der Waals surface area contributed by atoms with Gasteiger partial charge in [0.2, 0.25) is 7.33 Å². The van der Waals surface area contributed by atoms with Crippen LogP contribution in [0.15, 0.2) is 47.5 Å². The first-order valence-corrected chi connectivity index (χ1v) is 11.4. The van der Waals surface area contributed by atoms with Gasteiger partial charge in [0.15, 0.2) is 0 Å². The Labute approximate surface area is 173 Å². The van der Waals surface area contributed by atoms with E-state index in [4.69, 9.17) is 11.3 Å². The van der Waals surface area contributed by atoms with Crippen molar-refractivity contribution in [3.05, 3.63) is 48.0 Å². The van der Waals surface area contributed by atoms with E-state index in [1.807, 2.05) is 36.4 Å². The molecule has 156 valence electrons. The van der Waals surface area contributed by atoms with Gasteiger partial charge >= 0.3 is 0 Å². The fourth-order valence-electron chi connectivity index (χ4n) is 3.58. The van der Waals surface area contributed by atoms with Crippen LogP contribution >= 0.6 is 0 Å². The normalized spacial score (nSPS) is 18.1. The third-order valence-electron chi connectivity index (χ3n) is 5.37. The molecule has 1 aliphatic heterocycles. The maximum atomic E-state index is 7.38. The van der Waals surface area contributed by atoms with Crippen LogP contribution in [0.4, 0.5) is 0 Å². The van der Waals surface area contributed by atoms with Gasteiger partial charge in [-0.25, -0.2) is 4.99 Å². The van der Waals surface area contributed by atoms with E-state index in [-0.39, 0.29) is 12.1 Å². The first kappa shape index (κ1) is 21.1. The van der Waals surface area contributed by atoms with Gasteiger partial charge < -0.3 is 9.85 Å². The molecule has 0 fully saturated rings. The fraction of sp³-hybridized carbons (Fsp3) is 0.640. The summed E-state index contributed by atoms with van der Waals surface area (Å²) >= 11 is 0. The van der Waals surface area contributed by atoms with Crippen LogP contribution in [-0.2, 0) is 4.74 Å². The molecule has 0 aliphatic carbocycles. The largest absolute Gasteiger partial charge is 0.475 e. The van der Waals surface area contributed by atoms with Crippen LogP contribution in [-0.4, -0.2) is 31.2 Å². The zero-order valence-corrected chi connectivity index (χ0v) is 17.7. The molecule has 1 N–H and O–H groups in total. The van der Waals surface area contributed by atoms with E-state index in [2.05, 4.69) is 18.0 Å². The van der Waals surface area contributed by atoms with Crippen molar-refractivity contribution < 1.29 is 9.85 Å². The molecular weight excluding hydrogens is 346 g/mol. The summed E-state index contributed by atoms with van der Waals surface area (Å²) in [4.78, 5) is 4.61. The highest BCUT2D eigenvalue weighted by molar-refractivity contribution is 5.95. The molecule has 0 spiro atoms. The Hall–Kier alpha value is -1.61. The first-order chi connectivity index (χ1) is 14.3. The molecule has 0 aromatic heterocycles. The zero-order valence-electron chi connectivity index (χ0n) is 18.7. The maximum Gasteiger partial charge on any atom is 0.216 e. The minimum Gasteiger partial charge on any atom is -0.475 e. The molecule has 1 aliphatic rings. The van der Waals surface area contributed by atoms with Gasteiger partial charge in [-0.2, -0.15) is 0 Å². The number of allylic oxidation sites excluding steroid dienone is 1. The Morgan fingerprint density at radius 2 is 1.68 bits per heavy atom. The molecule has 0 unspecified atom stereocenters. The molecule has 3 nitrogen and oxygen atoms in total. The first-order valence-electron chi connectivity index (χ1n) is 11.8. The zero-order chi connectivity index (χ0) is 20.6. The fourth-order valence-corrected chi connectivity index (χ4v) is 3.58. The van der Waals surface area contributed by atoms with Crippen molar-refractivity contribution in [3.8, 4) is 0 Å². The third-order valence-corrected chi connectivity index (χ3v) is 5.37. The van der Waals surface area contributed by atoms with E-state index in [1.54, 1.807) is 0 Å². The average molecular weight is 388 g/mol. The van der Waals surface area contributed by atoms with Crippen LogP contribution in [0, 0.1) is 0 Å². The van der Waals surface area contributed by atoms with Gasteiger partial charge in [-0.1, -0.05) is 101 Å². The maximum absolute atomic E-state index is 7.38. The Kier molecular flexibility index (Phi) is 10.9. The molecule has 2 atom stereocenters. The van der Waals surface area contributed by atoms with Crippen LogP contribution < -0.4 is 0 Å². The lowest BCUT2D eigenvalue weighted by molar-refractivity contribution is 0.168. The standard InChI is InChI=1S/C25H39NO2/c1-2-3-4-5-6-7-8-9-10-11-12-13-17-20-24(27)23-21-28-25(26-23)22-18-15-14-16-19-22/h14-20,23-24,27H,2-13,21H2,1H3/b20-17+/t23-,24+/m0/s1/i27T. The minimum absolute atomic E-state index is 0.142. The lowest BCUT2D eigenvalue weighted by Crippen LogP contribution is -2.23. The summed E-state index contributed by atoms with van der Waals surface area (Å²) in [6.07, 6.45) is 19.8. The molecule has 0 amide bonds. The van der Waals surface area contributed by atoms with Gasteiger partial charge in [0.1, 0.15) is 12.6 Å². The highest BCUT2D eigenvalue weighted by Gasteiger charge is 2.24. The number of rotatable bonds is 16. The van der Waals surface area contributed by atoms with Crippen LogP contribution in [0.5, 0.6) is 0 Å². The summed E-state index contributed by atoms with van der Waals surface area (Å²) in [5.41, 5.74) is 0.976. The number of hydrogen-bond acceptors (Lipinski definition) is 3. The van der Waals surface area contributed by atoms with E-state index in [0.717, 1.165) is 12.0 Å². The lowest BCUT2D eigenvalue weighted by Gasteiger charge is -2.08. The number of aliphatic hydroxyl groups is 1. The predicted molar refractivity (Wildman–Crippen MR) is 119 cm³/mol. The van der Waals surface area contributed by atoms with Gasteiger partial charge in [0, 0.05) is 5.56 Å². The SMILES string of the molecule is [3H]O[C@H](/C=C/CCCCCCCCCCCCC)[C@@H]1COC(c2ccccc2)=N1. The van der Waals surface area contributed by atoms with E-state index in [1.165, 1.54) is 70.6 Å². The quantitative estimate of drug-likeness (QED) is 0.261. The van der Waals surface area contributed by atoms with Crippen molar-refractivity contribution in [1.82, 2.24) is 0 Å². The van der Waals surface area contributed by atoms with E-state index >= 15 is 0 Å². The summed E-state index contributed by atoms with van der Waals surface area (Å²) in [6.45, 7) is 2.74. The van der Waals surface area contributed by atoms with Crippen LogP contribution in [0.2, 0.25) is 0 Å². The molecule has 28 heavy (non-hydrogen) atoms. The van der Waals surface area contributed by atoms with E-state index in [9.17, 15) is 0 Å². The van der Waals surface area contributed by atoms with Crippen molar-refractivity contribution in [2.75, 3.05) is 6.61 Å². The smallest absolute Gasteiger partial charge is 0.216 e. The Morgan fingerprint density at radius 3 is 2.32 bits per heavy atom. The molecule has 0 saturated heterocycles. The van der Waals surface area contributed by atoms with Crippen molar-refractivity contribution >= 4 is 5.90 Å². The summed E-state index contributed by atoms with van der Waals surface area (Å²) < 4.78 is 13.1. The number of ether oxygens (including phenoxy) is 1. The van der Waals surface area contributed by atoms with Crippen LogP contribution in [0.25, 0.3) is 0 Å². The number of aliphatic imine (C=N–C) groups is 1. The number of hydrogen-bond donors (Lipinski definition) is 1. The number of aliphatic hydroxyl groups excluding tert-OH is 1. The van der Waals surface area contributed by atoms with Crippen molar-refractivity contribution in [1.29, 1.82) is 1.43 Å². The topological polar surface area (TPSA) is 41.8 Å². The summed E-state index contributed by atoms with van der Waals surface area (Å²) in [7, 11) is 0. The Morgan fingerprint density at radius 1 is 1.04 bits per heavy atom. The molecule has 1 aromatic carbocycles. The van der Waals surface area contributed by atoms with Crippen LogP contribution in [0.3, 0.4) is 0 Å². The van der Waals surface area contributed by atoms with Crippen molar-refractivity contribution in [3.63, 3.8) is 0 Å². The van der Waals surface area contributed by atoms with Gasteiger partial charge in [-0.3, -0.25) is 0 Å². The number of benzene rings is 1. The van der Waals surface area contributed by atoms with Crippen molar-refractivity contribution in [2.45, 2.75) is 96.1 Å². The molecule has 0 bridgehead atoms. The third kappa shape index (κ3) is 9.05. The van der Waals surface area contributed by atoms with Gasteiger partial charge in [0.25, 0.3) is 0 Å². The molecule has 1 heterocycles. The molecule has 1 aromatic rings. The second kappa shape index (κ2) is 14.4. The molecule has 0 radical (unpaired) electrons. The highest BCUT2D eigenvalue weighted by Crippen LogP contribution is 2.16. The molecule has 2 rings (SSSR count). The van der Waals surface area contributed by atoms with Crippen molar-refractivity contribution in [2.24, 2.45) is 4.99 Å². The number of unbranched alkanes of at least 4 members (excludes halogenated alkanes) is 11.